The molecule has 3 aliphatic carbocycles. The Morgan fingerprint density at radius 2 is 1.10 bits per heavy atom. The molecule has 5 rings (SSSR count). The van der Waals surface area contributed by atoms with E-state index in [9.17, 15) is 9.59 Å². The molecule has 0 spiro atoms. The maximum absolute atomic E-state index is 12.4. The Morgan fingerprint density at radius 1 is 0.800 bits per heavy atom. The number of ether oxygens (including phenoxy) is 2. The molecule has 0 saturated heterocycles. The number of methoxy groups -OCH3 is 2. The summed E-state index contributed by atoms with van der Waals surface area (Å²) in [5.74, 6) is 0.189. The number of rotatable bonds is 2. The zero-order valence-electron chi connectivity index (χ0n) is 12.0. The average Bonchev–Trinajstić information content (AvgIpc) is 3.36. The normalized spacial score (nSPS) is 56.6. The molecule has 0 aromatic rings. The second-order valence-electron chi connectivity index (χ2n) is 6.66. The largest absolute Gasteiger partial charge is 0.467 e. The summed E-state index contributed by atoms with van der Waals surface area (Å²) < 4.78 is 10.0. The molecule has 0 amide bonds. The zero-order valence-corrected chi connectivity index (χ0v) is 12.0. The molecule has 2 heterocycles. The van der Waals surface area contributed by atoms with Crippen LogP contribution < -0.4 is 0 Å². The molecule has 3 fully saturated rings. The van der Waals surface area contributed by atoms with Crippen molar-refractivity contribution in [2.24, 2.45) is 45.7 Å². The van der Waals surface area contributed by atoms with Gasteiger partial charge in [-0.15, -0.1) is 0 Å². The number of hydrogen-bond acceptors (Lipinski definition) is 6. The first-order chi connectivity index (χ1) is 9.48. The molecule has 2 bridgehead atoms. The van der Waals surface area contributed by atoms with E-state index in [1.807, 2.05) is 0 Å². The van der Waals surface area contributed by atoms with Crippen LogP contribution in [-0.4, -0.2) is 37.2 Å². The number of carbonyl (C=O) groups is 2. The SMILES string of the molecule is COC(=O)C12N=NC(C(=O)OC)([C@@H]3C(C)[C@@H]31)[C@H]1C(C)[C@H]12. The Kier molecular flexibility index (Phi) is 1.99. The van der Waals surface area contributed by atoms with Crippen molar-refractivity contribution in [2.45, 2.75) is 24.9 Å². The van der Waals surface area contributed by atoms with E-state index in [1.54, 1.807) is 0 Å². The average molecular weight is 278 g/mol. The Bertz CT molecular complexity index is 489. The van der Waals surface area contributed by atoms with Crippen LogP contribution in [0, 0.1) is 35.5 Å². The van der Waals surface area contributed by atoms with Crippen LogP contribution in [0.3, 0.4) is 0 Å². The van der Waals surface area contributed by atoms with Gasteiger partial charge >= 0.3 is 11.9 Å². The maximum Gasteiger partial charge on any atom is 0.336 e. The number of esters is 2. The quantitative estimate of drug-likeness (QED) is 0.707. The summed E-state index contributed by atoms with van der Waals surface area (Å²) in [6.45, 7) is 4.13. The summed E-state index contributed by atoms with van der Waals surface area (Å²) in [5.41, 5.74) is -1.70. The van der Waals surface area contributed by atoms with Crippen molar-refractivity contribution >= 4 is 11.9 Å². The highest BCUT2D eigenvalue weighted by atomic mass is 16.5. The molecule has 3 saturated carbocycles. The number of azo groups is 1. The van der Waals surface area contributed by atoms with Gasteiger partial charge in [-0.25, -0.2) is 9.59 Å². The van der Waals surface area contributed by atoms with E-state index in [1.165, 1.54) is 14.2 Å². The van der Waals surface area contributed by atoms with Gasteiger partial charge in [0.15, 0.2) is 11.1 Å². The molecule has 6 nitrogen and oxygen atoms in total. The van der Waals surface area contributed by atoms with E-state index >= 15 is 0 Å². The summed E-state index contributed by atoms with van der Waals surface area (Å²) >= 11 is 0. The van der Waals surface area contributed by atoms with E-state index in [2.05, 4.69) is 24.1 Å². The molecule has 6 heteroatoms. The van der Waals surface area contributed by atoms with Crippen LogP contribution in [0.1, 0.15) is 13.8 Å². The van der Waals surface area contributed by atoms with Crippen molar-refractivity contribution in [1.82, 2.24) is 0 Å². The molecular weight excluding hydrogens is 260 g/mol. The molecule has 4 unspecified atom stereocenters. The molecule has 8 atom stereocenters. The first kappa shape index (κ1) is 12.3. The third kappa shape index (κ3) is 0.930. The molecule has 2 aliphatic heterocycles. The number of carbonyl (C=O) groups excluding carboxylic acids is 2. The van der Waals surface area contributed by atoms with E-state index in [0.29, 0.717) is 0 Å². The van der Waals surface area contributed by atoms with E-state index in [-0.39, 0.29) is 47.4 Å². The molecule has 0 N–H and O–H groups in total. The highest BCUT2D eigenvalue weighted by Gasteiger charge is 2.90. The Labute approximate surface area is 116 Å². The van der Waals surface area contributed by atoms with Crippen LogP contribution in [0.25, 0.3) is 0 Å². The molecule has 20 heavy (non-hydrogen) atoms. The third-order valence-electron chi connectivity index (χ3n) is 6.20. The topological polar surface area (TPSA) is 77.3 Å². The second-order valence-corrected chi connectivity index (χ2v) is 6.66. The molecule has 0 aromatic heterocycles. The predicted octanol–water partition coefficient (Wildman–Crippen LogP) is 1.05. The Morgan fingerprint density at radius 3 is 1.35 bits per heavy atom. The van der Waals surface area contributed by atoms with Gasteiger partial charge in [0.05, 0.1) is 14.2 Å². The van der Waals surface area contributed by atoms with Crippen molar-refractivity contribution in [2.75, 3.05) is 14.2 Å². The van der Waals surface area contributed by atoms with Gasteiger partial charge in [0.1, 0.15) is 0 Å². The van der Waals surface area contributed by atoms with Crippen LogP contribution in [0.5, 0.6) is 0 Å². The third-order valence-corrected chi connectivity index (χ3v) is 6.20. The molecule has 0 radical (unpaired) electrons. The van der Waals surface area contributed by atoms with Crippen LogP contribution in [0.2, 0.25) is 0 Å². The molecule has 5 aliphatic rings. The fraction of sp³-hybridized carbons (Fsp3) is 0.857. The summed E-state index contributed by atoms with van der Waals surface area (Å²) in [6, 6.07) is 0. The monoisotopic (exact) mass is 278 g/mol. The van der Waals surface area contributed by atoms with E-state index in [0.717, 1.165) is 0 Å². The van der Waals surface area contributed by atoms with Crippen molar-refractivity contribution in [3.05, 3.63) is 0 Å². The smallest absolute Gasteiger partial charge is 0.336 e. The predicted molar refractivity (Wildman–Crippen MR) is 66.6 cm³/mol. The minimum Gasteiger partial charge on any atom is -0.467 e. The summed E-state index contributed by atoms with van der Waals surface area (Å²) in [5, 5.41) is 8.67. The standard InChI is InChI=1S/C14H18N2O4/c1-5-7-8(5)14(12(18)20-4)10-6(2)9(10)13(7,15-16-14)11(17)19-3/h5-10H,1-4H3/t5?,6?,7-,8+,9+,10-,13?,14?. The van der Waals surface area contributed by atoms with Gasteiger partial charge in [0.25, 0.3) is 0 Å². The first-order valence-corrected chi connectivity index (χ1v) is 7.09. The summed E-state index contributed by atoms with van der Waals surface area (Å²) in [4.78, 5) is 24.7. The Hall–Kier alpha value is -1.46. The van der Waals surface area contributed by atoms with Crippen LogP contribution in [0.4, 0.5) is 0 Å². The van der Waals surface area contributed by atoms with Gasteiger partial charge < -0.3 is 9.47 Å². The lowest BCUT2D eigenvalue weighted by Crippen LogP contribution is -2.58. The second kappa shape index (κ2) is 3.23. The van der Waals surface area contributed by atoms with E-state index < -0.39 is 11.1 Å². The molecule has 108 valence electrons. The van der Waals surface area contributed by atoms with Crippen LogP contribution in [-0.2, 0) is 19.1 Å². The van der Waals surface area contributed by atoms with Crippen molar-refractivity contribution < 1.29 is 19.1 Å². The minimum atomic E-state index is -0.849. The van der Waals surface area contributed by atoms with Crippen LogP contribution in [0.15, 0.2) is 10.2 Å². The molecular formula is C14H18N2O4. The lowest BCUT2D eigenvalue weighted by atomic mass is 9.71. The number of nitrogens with zero attached hydrogens (tertiary/aromatic N) is 2. The van der Waals surface area contributed by atoms with Gasteiger partial charge in [0.2, 0.25) is 0 Å². The zero-order chi connectivity index (χ0) is 14.4. The van der Waals surface area contributed by atoms with Crippen LogP contribution >= 0.6 is 0 Å². The Balaban J connectivity index is 1.90. The lowest BCUT2D eigenvalue weighted by molar-refractivity contribution is -0.159. The summed E-state index contributed by atoms with van der Waals surface area (Å²) in [7, 11) is 2.79. The van der Waals surface area contributed by atoms with Crippen molar-refractivity contribution in [1.29, 1.82) is 0 Å². The fourth-order valence-electron chi connectivity index (χ4n) is 5.45. The van der Waals surface area contributed by atoms with E-state index in [4.69, 9.17) is 9.47 Å². The first-order valence-electron chi connectivity index (χ1n) is 7.09. The maximum atomic E-state index is 12.4. The number of hydrogen-bond donors (Lipinski definition) is 0. The highest BCUT2D eigenvalue weighted by Crippen LogP contribution is 2.80. The van der Waals surface area contributed by atoms with Gasteiger partial charge in [0, 0.05) is 23.7 Å². The minimum absolute atomic E-state index is 0.0674. The highest BCUT2D eigenvalue weighted by molar-refractivity contribution is 5.91. The van der Waals surface area contributed by atoms with Crippen molar-refractivity contribution in [3.8, 4) is 0 Å². The van der Waals surface area contributed by atoms with Gasteiger partial charge in [-0.2, -0.15) is 10.2 Å². The lowest BCUT2D eigenvalue weighted by Gasteiger charge is -2.41. The fourth-order valence-corrected chi connectivity index (χ4v) is 5.45. The van der Waals surface area contributed by atoms with Crippen molar-refractivity contribution in [3.63, 3.8) is 0 Å². The van der Waals surface area contributed by atoms with Gasteiger partial charge in [-0.05, 0) is 11.8 Å². The van der Waals surface area contributed by atoms with Gasteiger partial charge in [-0.1, -0.05) is 13.8 Å². The molecule has 0 aromatic carbocycles. The summed E-state index contributed by atoms with van der Waals surface area (Å²) in [6.07, 6.45) is 0. The van der Waals surface area contributed by atoms with Gasteiger partial charge in [-0.3, -0.25) is 0 Å².